The minimum absolute atomic E-state index is 0.0317. The highest BCUT2D eigenvalue weighted by Crippen LogP contribution is 2.19. The van der Waals surface area contributed by atoms with Crippen LogP contribution >= 0.6 is 11.8 Å². The predicted molar refractivity (Wildman–Crippen MR) is 101 cm³/mol. The molecule has 1 N–H and O–H groups in total. The van der Waals surface area contributed by atoms with Gasteiger partial charge in [-0.05, 0) is 38.1 Å². The second kappa shape index (κ2) is 7.97. The molecule has 0 atom stereocenters. The lowest BCUT2D eigenvalue weighted by Crippen LogP contribution is -2.25. The van der Waals surface area contributed by atoms with E-state index in [0.29, 0.717) is 22.0 Å². The average molecular weight is 366 g/mol. The van der Waals surface area contributed by atoms with E-state index in [-0.39, 0.29) is 17.4 Å². The number of carbonyl (C=O) groups is 2. The van der Waals surface area contributed by atoms with Gasteiger partial charge in [0.15, 0.2) is 10.9 Å². The van der Waals surface area contributed by atoms with Gasteiger partial charge in [0.05, 0.1) is 5.75 Å². The van der Waals surface area contributed by atoms with Gasteiger partial charge in [-0.2, -0.15) is 0 Å². The molecule has 3 rings (SSSR count). The molecule has 132 valence electrons. The topological polar surface area (TPSA) is 76.9 Å². The summed E-state index contributed by atoms with van der Waals surface area (Å²) in [7, 11) is 0. The molecular formula is C19H18N4O2S. The summed E-state index contributed by atoms with van der Waals surface area (Å²) in [6.07, 6.45) is 3.29. The number of amides is 1. The Bertz CT molecular complexity index is 923. The average Bonchev–Trinajstić information content (AvgIpc) is 2.96. The largest absolute Gasteiger partial charge is 0.293 e. The number of thioether (sulfide) groups is 1. The Hall–Kier alpha value is -2.93. The number of benzene rings is 1. The van der Waals surface area contributed by atoms with Crippen LogP contribution in [0.1, 0.15) is 32.1 Å². The fourth-order valence-corrected chi connectivity index (χ4v) is 3.23. The molecule has 0 spiro atoms. The summed E-state index contributed by atoms with van der Waals surface area (Å²) in [5, 5.41) is 0.562. The van der Waals surface area contributed by atoms with Crippen molar-refractivity contribution >= 4 is 23.5 Å². The van der Waals surface area contributed by atoms with Gasteiger partial charge < -0.3 is 0 Å². The lowest BCUT2D eigenvalue weighted by Gasteiger charge is -2.11. The molecule has 26 heavy (non-hydrogen) atoms. The Kier molecular flexibility index (Phi) is 5.48. The lowest BCUT2D eigenvalue weighted by molar-refractivity contribution is 0.0999. The van der Waals surface area contributed by atoms with E-state index in [1.165, 1.54) is 11.8 Å². The van der Waals surface area contributed by atoms with Crippen molar-refractivity contribution in [2.45, 2.75) is 19.0 Å². The molecule has 2 heterocycles. The van der Waals surface area contributed by atoms with Crippen LogP contribution in [-0.2, 0) is 0 Å². The highest BCUT2D eigenvalue weighted by molar-refractivity contribution is 7.99. The van der Waals surface area contributed by atoms with E-state index in [0.717, 1.165) is 5.69 Å². The Labute approximate surface area is 155 Å². The molecule has 1 aromatic carbocycles. The van der Waals surface area contributed by atoms with Crippen molar-refractivity contribution in [1.82, 2.24) is 14.6 Å². The number of ketones is 1. The molecule has 7 heteroatoms. The second-order valence-electron chi connectivity index (χ2n) is 5.67. The fraction of sp³-hybridized carbons (Fsp3) is 0.158. The summed E-state index contributed by atoms with van der Waals surface area (Å²) in [4.78, 5) is 33.1. The van der Waals surface area contributed by atoms with Crippen molar-refractivity contribution in [2.75, 3.05) is 11.2 Å². The number of hydrogen-bond acceptors (Lipinski definition) is 5. The number of nitrogens with one attached hydrogen (secondary N) is 1. The van der Waals surface area contributed by atoms with Crippen molar-refractivity contribution in [3.8, 4) is 0 Å². The highest BCUT2D eigenvalue weighted by atomic mass is 32.2. The van der Waals surface area contributed by atoms with Gasteiger partial charge in [0.1, 0.15) is 0 Å². The number of nitrogens with zero attached hydrogens (tertiary/aromatic N) is 3. The van der Waals surface area contributed by atoms with Gasteiger partial charge in [-0.1, -0.05) is 30.0 Å². The maximum Gasteiger partial charge on any atom is 0.270 e. The smallest absolute Gasteiger partial charge is 0.270 e. The third-order valence-electron chi connectivity index (χ3n) is 3.86. The zero-order chi connectivity index (χ0) is 18.5. The summed E-state index contributed by atoms with van der Waals surface area (Å²) >= 11 is 1.29. The van der Waals surface area contributed by atoms with Crippen LogP contribution in [0.2, 0.25) is 0 Å². The maximum atomic E-state index is 12.6. The first kappa shape index (κ1) is 17.9. The monoisotopic (exact) mass is 366 g/mol. The number of rotatable bonds is 6. The van der Waals surface area contributed by atoms with Crippen molar-refractivity contribution in [1.29, 1.82) is 0 Å². The summed E-state index contributed by atoms with van der Waals surface area (Å²) in [6.45, 7) is 3.66. The van der Waals surface area contributed by atoms with Crippen molar-refractivity contribution in [2.24, 2.45) is 0 Å². The molecule has 0 saturated heterocycles. The first-order valence-corrected chi connectivity index (χ1v) is 9.03. The molecule has 3 aromatic rings. The summed E-state index contributed by atoms with van der Waals surface area (Å²) in [6, 6.07) is 12.5. The van der Waals surface area contributed by atoms with Crippen LogP contribution < -0.4 is 5.43 Å². The van der Waals surface area contributed by atoms with Crippen molar-refractivity contribution in [3.63, 3.8) is 0 Å². The van der Waals surface area contributed by atoms with E-state index in [1.54, 1.807) is 41.3 Å². The predicted octanol–water partition coefficient (Wildman–Crippen LogP) is 3.25. The van der Waals surface area contributed by atoms with Crippen LogP contribution in [0.5, 0.6) is 0 Å². The van der Waals surface area contributed by atoms with E-state index < -0.39 is 0 Å². The molecule has 0 unspecified atom stereocenters. The number of aryl methyl sites for hydroxylation is 1. The highest BCUT2D eigenvalue weighted by Gasteiger charge is 2.18. The molecule has 0 radical (unpaired) electrons. The Morgan fingerprint density at radius 1 is 1.08 bits per heavy atom. The van der Waals surface area contributed by atoms with Crippen LogP contribution in [0, 0.1) is 13.8 Å². The first-order chi connectivity index (χ1) is 12.6. The normalized spacial score (nSPS) is 10.5. The van der Waals surface area contributed by atoms with Crippen molar-refractivity contribution in [3.05, 3.63) is 77.4 Å². The Morgan fingerprint density at radius 2 is 1.77 bits per heavy atom. The summed E-state index contributed by atoms with van der Waals surface area (Å²) in [5.74, 6) is -0.0183. The van der Waals surface area contributed by atoms with Crippen LogP contribution in [-0.4, -0.2) is 32.1 Å². The Balaban J connectivity index is 1.73. The van der Waals surface area contributed by atoms with E-state index >= 15 is 0 Å². The standard InChI is InChI=1S/C19H18N4O2S/c1-13-11-16(17(24)12-26-19-20-9-6-10-21-19)14(2)23(13)22-18(25)15-7-4-3-5-8-15/h3-11H,12H2,1-2H3,(H,22,25). The van der Waals surface area contributed by atoms with Crippen LogP contribution in [0.15, 0.2) is 60.0 Å². The minimum atomic E-state index is -0.224. The van der Waals surface area contributed by atoms with E-state index in [2.05, 4.69) is 15.4 Å². The van der Waals surface area contributed by atoms with Crippen LogP contribution in [0.25, 0.3) is 0 Å². The van der Waals surface area contributed by atoms with Gasteiger partial charge >= 0.3 is 0 Å². The summed E-state index contributed by atoms with van der Waals surface area (Å²) in [5.41, 5.74) is 5.47. The zero-order valence-corrected chi connectivity index (χ0v) is 15.3. The minimum Gasteiger partial charge on any atom is -0.293 e. The van der Waals surface area contributed by atoms with Crippen LogP contribution in [0.4, 0.5) is 0 Å². The summed E-state index contributed by atoms with van der Waals surface area (Å²) < 4.78 is 1.65. The molecule has 0 saturated carbocycles. The molecule has 6 nitrogen and oxygen atoms in total. The third-order valence-corrected chi connectivity index (χ3v) is 4.73. The molecule has 0 aliphatic heterocycles. The van der Waals surface area contributed by atoms with E-state index in [9.17, 15) is 9.59 Å². The fourth-order valence-electron chi connectivity index (χ4n) is 2.54. The van der Waals surface area contributed by atoms with Gasteiger partial charge in [-0.15, -0.1) is 0 Å². The zero-order valence-electron chi connectivity index (χ0n) is 14.5. The second-order valence-corrected chi connectivity index (χ2v) is 6.61. The van der Waals surface area contributed by atoms with E-state index in [1.807, 2.05) is 32.0 Å². The lowest BCUT2D eigenvalue weighted by atomic mass is 10.2. The maximum absolute atomic E-state index is 12.6. The molecule has 2 aromatic heterocycles. The first-order valence-electron chi connectivity index (χ1n) is 8.04. The molecule has 1 amide bonds. The quantitative estimate of drug-likeness (QED) is 0.412. The molecule has 0 aliphatic carbocycles. The molecule has 0 aliphatic rings. The van der Waals surface area contributed by atoms with Gasteiger partial charge in [0.25, 0.3) is 5.91 Å². The van der Waals surface area contributed by atoms with E-state index in [4.69, 9.17) is 0 Å². The molecular weight excluding hydrogens is 348 g/mol. The van der Waals surface area contributed by atoms with Crippen molar-refractivity contribution < 1.29 is 9.59 Å². The van der Waals surface area contributed by atoms with Gasteiger partial charge in [0, 0.05) is 34.9 Å². The molecule has 0 bridgehead atoms. The van der Waals surface area contributed by atoms with Gasteiger partial charge in [-0.25, -0.2) is 9.97 Å². The SMILES string of the molecule is Cc1cc(C(=O)CSc2ncccn2)c(C)n1NC(=O)c1ccccc1. The Morgan fingerprint density at radius 3 is 2.46 bits per heavy atom. The third kappa shape index (κ3) is 4.00. The number of aromatic nitrogens is 3. The number of carbonyl (C=O) groups excluding carboxylic acids is 2. The van der Waals surface area contributed by atoms with Gasteiger partial charge in [0.2, 0.25) is 0 Å². The van der Waals surface area contributed by atoms with Crippen LogP contribution in [0.3, 0.4) is 0 Å². The molecule has 0 fully saturated rings. The number of Topliss-reactive ketones (excluding diaryl/α,β-unsaturated/α-hetero) is 1. The number of hydrogen-bond donors (Lipinski definition) is 1. The van der Waals surface area contributed by atoms with Gasteiger partial charge in [-0.3, -0.25) is 19.7 Å².